The van der Waals surface area contributed by atoms with E-state index >= 15 is 0 Å². The second-order valence-electron chi connectivity index (χ2n) is 5.89. The Morgan fingerprint density at radius 1 is 1.35 bits per heavy atom. The zero-order valence-corrected chi connectivity index (χ0v) is 14.0. The lowest BCUT2D eigenvalue weighted by Gasteiger charge is -2.22. The second kappa shape index (κ2) is 7.76. The maximum atomic E-state index is 12.5. The van der Waals surface area contributed by atoms with Crippen LogP contribution in [0.5, 0.6) is 0 Å². The molecular formula is C15H24N2O5S. The molecule has 0 radical (unpaired) electrons. The third-order valence-corrected chi connectivity index (χ3v) is 5.87. The van der Waals surface area contributed by atoms with Gasteiger partial charge in [-0.25, -0.2) is 0 Å². The van der Waals surface area contributed by atoms with Crippen molar-refractivity contribution < 1.29 is 22.3 Å². The van der Waals surface area contributed by atoms with Crippen LogP contribution < -0.4 is 4.72 Å². The standard InChI is InChI=1S/C15H24N2O5S/c18-23(19,16-7-11-20-12-13-4-2-9-21-13)17-8-1-5-14(17)15-6-3-10-22-15/h3,6,10,13-14,16H,1-2,4-5,7-9,11-12H2/t13-,14+/m0/s1. The Bertz CT molecular complexity index is 569. The van der Waals surface area contributed by atoms with Gasteiger partial charge in [0.1, 0.15) is 5.76 Å². The van der Waals surface area contributed by atoms with Gasteiger partial charge in [-0.15, -0.1) is 0 Å². The van der Waals surface area contributed by atoms with E-state index in [4.69, 9.17) is 13.9 Å². The SMILES string of the molecule is O=S(=O)(NCCOC[C@@H]1CCCO1)N1CCC[C@@H]1c1ccco1. The maximum absolute atomic E-state index is 12.5. The van der Waals surface area contributed by atoms with Crippen molar-refractivity contribution in [3.8, 4) is 0 Å². The van der Waals surface area contributed by atoms with Crippen LogP contribution in [0.3, 0.4) is 0 Å². The summed E-state index contributed by atoms with van der Waals surface area (Å²) >= 11 is 0. The van der Waals surface area contributed by atoms with Crippen molar-refractivity contribution in [1.29, 1.82) is 0 Å². The maximum Gasteiger partial charge on any atom is 0.280 e. The van der Waals surface area contributed by atoms with Crippen LogP contribution >= 0.6 is 0 Å². The van der Waals surface area contributed by atoms with Crippen LogP contribution in [0.4, 0.5) is 0 Å². The number of hydrogen-bond acceptors (Lipinski definition) is 5. The molecule has 0 bridgehead atoms. The third kappa shape index (κ3) is 4.33. The Hall–Kier alpha value is -0.930. The van der Waals surface area contributed by atoms with E-state index in [-0.39, 0.29) is 18.7 Å². The molecule has 2 atom stereocenters. The number of furan rings is 1. The number of nitrogens with zero attached hydrogens (tertiary/aromatic N) is 1. The zero-order chi connectivity index (χ0) is 16.1. The van der Waals surface area contributed by atoms with Gasteiger partial charge >= 0.3 is 0 Å². The lowest BCUT2D eigenvalue weighted by molar-refractivity contribution is 0.0192. The zero-order valence-electron chi connectivity index (χ0n) is 13.1. The van der Waals surface area contributed by atoms with Crippen LogP contribution in [0.1, 0.15) is 37.5 Å². The van der Waals surface area contributed by atoms with E-state index in [1.54, 1.807) is 12.3 Å². The highest BCUT2D eigenvalue weighted by molar-refractivity contribution is 7.87. The van der Waals surface area contributed by atoms with Gasteiger partial charge in [0.05, 0.1) is 31.6 Å². The molecule has 0 aliphatic carbocycles. The van der Waals surface area contributed by atoms with Gasteiger partial charge in [0.15, 0.2) is 0 Å². The normalized spacial score (nSPS) is 26.1. The first-order valence-corrected chi connectivity index (χ1v) is 9.60. The summed E-state index contributed by atoms with van der Waals surface area (Å²) in [5.41, 5.74) is 0. The van der Waals surface area contributed by atoms with Crippen molar-refractivity contribution in [1.82, 2.24) is 9.03 Å². The molecule has 2 aliphatic heterocycles. The average molecular weight is 344 g/mol. The van der Waals surface area contributed by atoms with Gasteiger partial charge < -0.3 is 13.9 Å². The van der Waals surface area contributed by atoms with Crippen LogP contribution in [0.25, 0.3) is 0 Å². The number of ether oxygens (including phenoxy) is 2. The van der Waals surface area contributed by atoms with Crippen molar-refractivity contribution in [3.63, 3.8) is 0 Å². The monoisotopic (exact) mass is 344 g/mol. The molecule has 1 aromatic heterocycles. The minimum Gasteiger partial charge on any atom is -0.468 e. The summed E-state index contributed by atoms with van der Waals surface area (Å²) < 4.78 is 45.3. The number of hydrogen-bond donors (Lipinski definition) is 1. The van der Waals surface area contributed by atoms with E-state index in [0.29, 0.717) is 25.5 Å². The number of nitrogens with one attached hydrogen (secondary N) is 1. The Kier molecular flexibility index (Phi) is 5.71. The molecule has 7 nitrogen and oxygen atoms in total. The van der Waals surface area contributed by atoms with E-state index in [1.807, 2.05) is 6.07 Å². The number of rotatable bonds is 8. The molecule has 0 saturated carbocycles. The molecule has 3 heterocycles. The van der Waals surface area contributed by atoms with Crippen LogP contribution in [-0.2, 0) is 19.7 Å². The molecule has 2 fully saturated rings. The Morgan fingerprint density at radius 3 is 3.00 bits per heavy atom. The highest BCUT2D eigenvalue weighted by Gasteiger charge is 2.36. The van der Waals surface area contributed by atoms with Crippen molar-refractivity contribution >= 4 is 10.2 Å². The molecule has 130 valence electrons. The smallest absolute Gasteiger partial charge is 0.280 e. The fourth-order valence-corrected chi connectivity index (χ4v) is 4.53. The summed E-state index contributed by atoms with van der Waals surface area (Å²) in [4.78, 5) is 0. The van der Waals surface area contributed by atoms with Gasteiger partial charge in [-0.1, -0.05) is 0 Å². The van der Waals surface area contributed by atoms with Crippen molar-refractivity contribution in [2.24, 2.45) is 0 Å². The minimum absolute atomic E-state index is 0.161. The summed E-state index contributed by atoms with van der Waals surface area (Å²) in [7, 11) is -3.52. The van der Waals surface area contributed by atoms with Gasteiger partial charge in [-0.05, 0) is 37.8 Å². The molecular weight excluding hydrogens is 320 g/mol. The van der Waals surface area contributed by atoms with E-state index < -0.39 is 10.2 Å². The predicted molar refractivity (Wildman–Crippen MR) is 84.1 cm³/mol. The average Bonchev–Trinajstić information content (AvgIpc) is 3.27. The first kappa shape index (κ1) is 16.9. The molecule has 0 aromatic carbocycles. The van der Waals surface area contributed by atoms with Gasteiger partial charge in [0.25, 0.3) is 10.2 Å². The summed E-state index contributed by atoms with van der Waals surface area (Å²) in [5, 5.41) is 0. The van der Waals surface area contributed by atoms with E-state index in [0.717, 1.165) is 32.3 Å². The van der Waals surface area contributed by atoms with E-state index in [1.165, 1.54) is 4.31 Å². The highest BCUT2D eigenvalue weighted by Crippen LogP contribution is 2.33. The molecule has 0 amide bonds. The van der Waals surface area contributed by atoms with Crippen LogP contribution in [0.15, 0.2) is 22.8 Å². The Balaban J connectivity index is 1.44. The van der Waals surface area contributed by atoms with Gasteiger partial charge in [0, 0.05) is 19.7 Å². The molecule has 1 aromatic rings. The van der Waals surface area contributed by atoms with Gasteiger partial charge in [-0.3, -0.25) is 0 Å². The third-order valence-electron chi connectivity index (χ3n) is 4.24. The van der Waals surface area contributed by atoms with Gasteiger partial charge in [-0.2, -0.15) is 17.4 Å². The van der Waals surface area contributed by atoms with Crippen LogP contribution in [0.2, 0.25) is 0 Å². The molecule has 0 unspecified atom stereocenters. The topological polar surface area (TPSA) is 81.0 Å². The van der Waals surface area contributed by atoms with Crippen molar-refractivity contribution in [2.75, 3.05) is 32.9 Å². The molecule has 3 rings (SSSR count). The van der Waals surface area contributed by atoms with Crippen molar-refractivity contribution in [2.45, 2.75) is 37.8 Å². The Morgan fingerprint density at radius 2 is 2.26 bits per heavy atom. The quantitative estimate of drug-likeness (QED) is 0.722. The van der Waals surface area contributed by atoms with Crippen molar-refractivity contribution in [3.05, 3.63) is 24.2 Å². The lowest BCUT2D eigenvalue weighted by atomic mass is 10.2. The molecule has 23 heavy (non-hydrogen) atoms. The minimum atomic E-state index is -3.52. The molecule has 2 saturated heterocycles. The summed E-state index contributed by atoms with van der Waals surface area (Å²) in [6.07, 6.45) is 5.44. The van der Waals surface area contributed by atoms with E-state index in [9.17, 15) is 8.42 Å². The first-order chi connectivity index (χ1) is 11.2. The molecule has 1 N–H and O–H groups in total. The fraction of sp³-hybridized carbons (Fsp3) is 0.733. The van der Waals surface area contributed by atoms with Gasteiger partial charge in [0.2, 0.25) is 0 Å². The largest absolute Gasteiger partial charge is 0.468 e. The second-order valence-corrected chi connectivity index (χ2v) is 7.60. The first-order valence-electron chi connectivity index (χ1n) is 8.16. The van der Waals surface area contributed by atoms with Crippen LogP contribution in [-0.4, -0.2) is 51.7 Å². The Labute approximate surface area is 137 Å². The van der Waals surface area contributed by atoms with Crippen LogP contribution in [0, 0.1) is 0 Å². The summed E-state index contributed by atoms with van der Waals surface area (Å²) in [6.45, 7) is 2.44. The van der Waals surface area contributed by atoms with E-state index in [2.05, 4.69) is 4.72 Å². The summed E-state index contributed by atoms with van der Waals surface area (Å²) in [5.74, 6) is 0.697. The lowest BCUT2D eigenvalue weighted by Crippen LogP contribution is -2.41. The highest BCUT2D eigenvalue weighted by atomic mass is 32.2. The predicted octanol–water partition coefficient (Wildman–Crippen LogP) is 1.45. The summed E-state index contributed by atoms with van der Waals surface area (Å²) in [6, 6.07) is 3.39. The fourth-order valence-electron chi connectivity index (χ4n) is 3.11. The molecule has 2 aliphatic rings. The molecule has 8 heteroatoms. The molecule has 0 spiro atoms.